The fraction of sp³-hybridized carbons (Fsp3) is 0.375. The molecule has 1 N–H and O–H groups in total. The van der Waals surface area contributed by atoms with Crippen LogP contribution in [0.5, 0.6) is 11.5 Å². The molecule has 1 saturated heterocycles. The monoisotopic (exact) mass is 422 g/mol. The van der Waals surface area contributed by atoms with Crippen molar-refractivity contribution in [3.05, 3.63) is 41.5 Å². The molecule has 7 heteroatoms. The molecule has 0 bridgehead atoms. The molecule has 0 atom stereocenters. The van der Waals surface area contributed by atoms with Crippen LogP contribution in [-0.4, -0.2) is 42.0 Å². The predicted octanol–water partition coefficient (Wildman–Crippen LogP) is 4.04. The number of carbonyl (C=O) groups is 3. The molecule has 1 saturated carbocycles. The number of amides is 4. The van der Waals surface area contributed by atoms with Gasteiger partial charge in [-0.3, -0.25) is 19.8 Å². The number of barbiturate groups is 1. The van der Waals surface area contributed by atoms with Gasteiger partial charge in [-0.25, -0.2) is 4.79 Å². The number of rotatable bonds is 6. The second kappa shape index (κ2) is 8.79. The lowest BCUT2D eigenvalue weighted by Crippen LogP contribution is -2.57. The van der Waals surface area contributed by atoms with Crippen molar-refractivity contribution in [2.75, 3.05) is 13.2 Å². The van der Waals surface area contributed by atoms with Crippen LogP contribution in [0, 0.1) is 0 Å². The summed E-state index contributed by atoms with van der Waals surface area (Å²) in [6.45, 7) is 4.73. The van der Waals surface area contributed by atoms with Gasteiger partial charge in [0.2, 0.25) is 0 Å². The van der Waals surface area contributed by atoms with Crippen LogP contribution in [0.2, 0.25) is 0 Å². The number of benzene rings is 2. The molecular formula is C24H26N2O5. The van der Waals surface area contributed by atoms with Crippen molar-refractivity contribution in [2.45, 2.75) is 45.6 Å². The Hall–Kier alpha value is -3.35. The van der Waals surface area contributed by atoms with E-state index in [-0.39, 0.29) is 11.6 Å². The van der Waals surface area contributed by atoms with Crippen LogP contribution >= 0.6 is 0 Å². The van der Waals surface area contributed by atoms with Gasteiger partial charge in [-0.05, 0) is 61.7 Å². The van der Waals surface area contributed by atoms with Gasteiger partial charge in [-0.1, -0.05) is 25.0 Å². The number of hydrogen-bond donors (Lipinski definition) is 1. The first-order valence-electron chi connectivity index (χ1n) is 10.8. The minimum atomic E-state index is -0.690. The van der Waals surface area contributed by atoms with Gasteiger partial charge in [0, 0.05) is 11.6 Å². The largest absolute Gasteiger partial charge is 0.494 e. The molecule has 31 heavy (non-hydrogen) atoms. The Morgan fingerprint density at radius 1 is 1.03 bits per heavy atom. The quantitative estimate of drug-likeness (QED) is 0.561. The first-order valence-corrected chi connectivity index (χ1v) is 10.8. The summed E-state index contributed by atoms with van der Waals surface area (Å²) in [5, 5.41) is 4.05. The maximum absolute atomic E-state index is 13.2. The molecule has 2 fully saturated rings. The highest BCUT2D eigenvalue weighted by Gasteiger charge is 2.40. The maximum Gasteiger partial charge on any atom is 0.331 e. The first kappa shape index (κ1) is 20.9. The summed E-state index contributed by atoms with van der Waals surface area (Å²) >= 11 is 0. The number of ether oxygens (including phenoxy) is 2. The lowest BCUT2D eigenvalue weighted by molar-refractivity contribution is -0.131. The summed E-state index contributed by atoms with van der Waals surface area (Å²) in [7, 11) is 0. The second-order valence-corrected chi connectivity index (χ2v) is 7.66. The van der Waals surface area contributed by atoms with Gasteiger partial charge < -0.3 is 9.47 Å². The molecule has 1 aliphatic carbocycles. The molecule has 2 aromatic rings. The maximum atomic E-state index is 13.2. The highest BCUT2D eigenvalue weighted by molar-refractivity contribution is 6.31. The zero-order valence-corrected chi connectivity index (χ0v) is 17.8. The van der Waals surface area contributed by atoms with Gasteiger partial charge in [0.25, 0.3) is 11.8 Å². The zero-order chi connectivity index (χ0) is 22.0. The Bertz CT molecular complexity index is 1060. The molecule has 0 spiro atoms. The van der Waals surface area contributed by atoms with E-state index in [0.29, 0.717) is 30.3 Å². The number of imide groups is 2. The molecule has 1 aliphatic heterocycles. The average molecular weight is 422 g/mol. The summed E-state index contributed by atoms with van der Waals surface area (Å²) in [6.07, 6.45) is 4.99. The van der Waals surface area contributed by atoms with E-state index in [1.165, 1.54) is 11.0 Å². The van der Waals surface area contributed by atoms with Gasteiger partial charge in [0.05, 0.1) is 13.2 Å². The van der Waals surface area contributed by atoms with Gasteiger partial charge in [-0.15, -0.1) is 0 Å². The van der Waals surface area contributed by atoms with E-state index < -0.39 is 17.8 Å². The number of hydrogen-bond acceptors (Lipinski definition) is 5. The Morgan fingerprint density at radius 2 is 1.74 bits per heavy atom. The third-order valence-corrected chi connectivity index (χ3v) is 5.72. The molecule has 2 aliphatic rings. The topological polar surface area (TPSA) is 84.9 Å². The van der Waals surface area contributed by atoms with Crippen LogP contribution in [0.3, 0.4) is 0 Å². The normalized spacial score (nSPS) is 18.7. The third-order valence-electron chi connectivity index (χ3n) is 5.72. The minimum absolute atomic E-state index is 0.0678. The summed E-state index contributed by atoms with van der Waals surface area (Å²) in [5.41, 5.74) is 0.543. The Balaban J connectivity index is 1.84. The highest BCUT2D eigenvalue weighted by atomic mass is 16.5. The molecule has 4 rings (SSSR count). The van der Waals surface area contributed by atoms with Crippen molar-refractivity contribution in [2.24, 2.45) is 0 Å². The van der Waals surface area contributed by atoms with E-state index in [0.717, 1.165) is 36.5 Å². The van der Waals surface area contributed by atoms with Crippen molar-refractivity contribution >= 4 is 34.7 Å². The lowest BCUT2D eigenvalue weighted by atomic mass is 9.99. The Kier molecular flexibility index (Phi) is 5.93. The van der Waals surface area contributed by atoms with Crippen LogP contribution in [0.4, 0.5) is 4.79 Å². The van der Waals surface area contributed by atoms with Gasteiger partial charge in [0.1, 0.15) is 17.1 Å². The number of nitrogens with zero attached hydrogens (tertiary/aromatic N) is 1. The van der Waals surface area contributed by atoms with Gasteiger partial charge in [-0.2, -0.15) is 0 Å². The van der Waals surface area contributed by atoms with E-state index in [4.69, 9.17) is 9.47 Å². The van der Waals surface area contributed by atoms with Crippen molar-refractivity contribution in [1.29, 1.82) is 0 Å². The van der Waals surface area contributed by atoms with Gasteiger partial charge in [0.15, 0.2) is 0 Å². The lowest BCUT2D eigenvalue weighted by Gasteiger charge is -2.31. The number of carbonyl (C=O) groups excluding carboxylic acids is 3. The number of urea groups is 1. The fourth-order valence-corrected chi connectivity index (χ4v) is 4.30. The van der Waals surface area contributed by atoms with Crippen molar-refractivity contribution < 1.29 is 23.9 Å². The van der Waals surface area contributed by atoms with Crippen molar-refractivity contribution in [3.8, 4) is 11.5 Å². The molecule has 0 aromatic heterocycles. The standard InChI is InChI=1S/C24H26N2O5/c1-3-30-17-11-9-15-10-12-21(31-4-2)19(18(15)13-17)14-20-22(27)25-24(29)26(23(20)28)16-7-5-6-8-16/h9-14,16H,3-8H2,1-2H3,(H,25,27,29)/b20-14-. The summed E-state index contributed by atoms with van der Waals surface area (Å²) in [6, 6.07) is 8.61. The zero-order valence-electron chi connectivity index (χ0n) is 17.8. The van der Waals surface area contributed by atoms with E-state index in [2.05, 4.69) is 5.32 Å². The van der Waals surface area contributed by atoms with Crippen molar-refractivity contribution in [1.82, 2.24) is 10.2 Å². The van der Waals surface area contributed by atoms with E-state index in [9.17, 15) is 14.4 Å². The predicted molar refractivity (Wildman–Crippen MR) is 117 cm³/mol. The SMILES string of the molecule is CCOc1ccc2ccc(OCC)c(/C=C3/C(=O)NC(=O)N(C4CCCC4)C3=O)c2c1. The minimum Gasteiger partial charge on any atom is -0.494 e. The van der Waals surface area contributed by atoms with Crippen LogP contribution < -0.4 is 14.8 Å². The average Bonchev–Trinajstić information content (AvgIpc) is 3.26. The molecule has 0 radical (unpaired) electrons. The van der Waals surface area contributed by atoms with Crippen LogP contribution in [-0.2, 0) is 9.59 Å². The second-order valence-electron chi connectivity index (χ2n) is 7.66. The third kappa shape index (κ3) is 4.00. The van der Waals surface area contributed by atoms with Gasteiger partial charge >= 0.3 is 6.03 Å². The number of nitrogens with one attached hydrogen (secondary N) is 1. The smallest absolute Gasteiger partial charge is 0.331 e. The molecular weight excluding hydrogens is 396 g/mol. The first-order chi connectivity index (χ1) is 15.0. The molecule has 4 amide bonds. The van der Waals surface area contributed by atoms with Crippen LogP contribution in [0.25, 0.3) is 16.8 Å². The Labute approximate surface area is 181 Å². The summed E-state index contributed by atoms with van der Waals surface area (Å²) < 4.78 is 11.4. The van der Waals surface area contributed by atoms with E-state index in [1.54, 1.807) is 0 Å². The molecule has 7 nitrogen and oxygen atoms in total. The van der Waals surface area contributed by atoms with Crippen LogP contribution in [0.15, 0.2) is 35.9 Å². The van der Waals surface area contributed by atoms with Crippen LogP contribution in [0.1, 0.15) is 45.1 Å². The van der Waals surface area contributed by atoms with E-state index in [1.807, 2.05) is 44.2 Å². The summed E-state index contributed by atoms with van der Waals surface area (Å²) in [5.74, 6) is -0.00253. The summed E-state index contributed by atoms with van der Waals surface area (Å²) in [4.78, 5) is 39.5. The molecule has 1 heterocycles. The fourth-order valence-electron chi connectivity index (χ4n) is 4.30. The molecule has 162 valence electrons. The molecule has 0 unspecified atom stereocenters. The number of fused-ring (bicyclic) bond motifs is 1. The molecule has 2 aromatic carbocycles. The van der Waals surface area contributed by atoms with Crippen molar-refractivity contribution in [3.63, 3.8) is 0 Å². The van der Waals surface area contributed by atoms with E-state index >= 15 is 0 Å². The highest BCUT2D eigenvalue weighted by Crippen LogP contribution is 2.34. The Morgan fingerprint density at radius 3 is 2.45 bits per heavy atom.